The number of hydrogen-bond donors (Lipinski definition) is 1. The van der Waals surface area contributed by atoms with E-state index >= 15 is 0 Å². The summed E-state index contributed by atoms with van der Waals surface area (Å²) < 4.78 is 5.58. The Balaban J connectivity index is 2.54. The van der Waals surface area contributed by atoms with Gasteiger partial charge in [0.1, 0.15) is 10.7 Å². The molecule has 1 rings (SSSR count). The van der Waals surface area contributed by atoms with E-state index in [1.54, 1.807) is 6.07 Å². The third-order valence-electron chi connectivity index (χ3n) is 2.27. The lowest BCUT2D eigenvalue weighted by Gasteiger charge is -2.11. The number of thiocarbonyl (C=S) groups is 1. The van der Waals surface area contributed by atoms with Crippen molar-refractivity contribution in [1.82, 2.24) is 4.98 Å². The zero-order valence-corrected chi connectivity index (χ0v) is 10.6. The molecular formula is C12H18N2OS. The van der Waals surface area contributed by atoms with Gasteiger partial charge >= 0.3 is 0 Å². The van der Waals surface area contributed by atoms with E-state index in [0.29, 0.717) is 29.1 Å². The average molecular weight is 238 g/mol. The summed E-state index contributed by atoms with van der Waals surface area (Å²) in [4.78, 5) is 4.51. The maximum atomic E-state index is 5.58. The predicted molar refractivity (Wildman–Crippen MR) is 69.7 cm³/mol. The molecule has 0 amide bonds. The van der Waals surface area contributed by atoms with Crippen molar-refractivity contribution in [3.63, 3.8) is 0 Å². The monoisotopic (exact) mass is 238 g/mol. The van der Waals surface area contributed by atoms with Gasteiger partial charge in [-0.2, -0.15) is 0 Å². The Hall–Kier alpha value is -1.16. The zero-order valence-electron chi connectivity index (χ0n) is 9.77. The van der Waals surface area contributed by atoms with Crippen LogP contribution in [0, 0.1) is 5.92 Å². The van der Waals surface area contributed by atoms with Gasteiger partial charge in [0, 0.05) is 6.07 Å². The Morgan fingerprint density at radius 3 is 2.94 bits per heavy atom. The Bertz CT molecular complexity index is 355. The molecule has 0 bridgehead atoms. The van der Waals surface area contributed by atoms with E-state index in [1.165, 1.54) is 6.42 Å². The molecule has 0 aliphatic carbocycles. The molecule has 2 N–H and O–H groups in total. The standard InChI is InChI=1S/C12H18N2OS/c1-3-5-9(2)8-15-11-7-4-6-10(14-11)12(13)16/h4,6-7,9H,3,5,8H2,1-2H3,(H2,13,16). The average Bonchev–Trinajstić information content (AvgIpc) is 2.27. The van der Waals surface area contributed by atoms with Crippen molar-refractivity contribution in [1.29, 1.82) is 0 Å². The minimum atomic E-state index is 0.298. The first kappa shape index (κ1) is 12.9. The highest BCUT2D eigenvalue weighted by Crippen LogP contribution is 2.11. The normalized spacial score (nSPS) is 12.1. The Morgan fingerprint density at radius 1 is 1.56 bits per heavy atom. The first-order valence-electron chi connectivity index (χ1n) is 5.53. The van der Waals surface area contributed by atoms with Crippen molar-refractivity contribution >= 4 is 17.2 Å². The number of hydrogen-bond acceptors (Lipinski definition) is 3. The van der Waals surface area contributed by atoms with Crippen LogP contribution >= 0.6 is 12.2 Å². The summed E-state index contributed by atoms with van der Waals surface area (Å²) in [5.74, 6) is 1.13. The summed E-state index contributed by atoms with van der Waals surface area (Å²) in [5, 5.41) is 0. The smallest absolute Gasteiger partial charge is 0.213 e. The molecule has 0 saturated carbocycles. The molecule has 0 spiro atoms. The number of rotatable bonds is 6. The molecule has 3 nitrogen and oxygen atoms in total. The maximum absolute atomic E-state index is 5.58. The minimum absolute atomic E-state index is 0.298. The fourth-order valence-corrected chi connectivity index (χ4v) is 1.55. The van der Waals surface area contributed by atoms with Crippen LogP contribution in [-0.4, -0.2) is 16.6 Å². The van der Waals surface area contributed by atoms with E-state index in [1.807, 2.05) is 12.1 Å². The summed E-state index contributed by atoms with van der Waals surface area (Å²) >= 11 is 4.86. The van der Waals surface area contributed by atoms with Crippen molar-refractivity contribution in [2.75, 3.05) is 6.61 Å². The van der Waals surface area contributed by atoms with Crippen molar-refractivity contribution in [2.24, 2.45) is 11.7 Å². The molecule has 0 fully saturated rings. The SMILES string of the molecule is CCCC(C)COc1cccc(C(N)=S)n1. The molecule has 1 aromatic rings. The van der Waals surface area contributed by atoms with Gasteiger partial charge in [0.25, 0.3) is 0 Å². The second-order valence-electron chi connectivity index (χ2n) is 3.93. The van der Waals surface area contributed by atoms with Gasteiger partial charge in [-0.15, -0.1) is 0 Å². The highest BCUT2D eigenvalue weighted by atomic mass is 32.1. The van der Waals surface area contributed by atoms with Crippen LogP contribution in [0.1, 0.15) is 32.4 Å². The van der Waals surface area contributed by atoms with Gasteiger partial charge < -0.3 is 10.5 Å². The van der Waals surface area contributed by atoms with Crippen LogP contribution in [-0.2, 0) is 0 Å². The van der Waals surface area contributed by atoms with Gasteiger partial charge in [0.05, 0.1) is 6.61 Å². The minimum Gasteiger partial charge on any atom is -0.477 e. The highest BCUT2D eigenvalue weighted by Gasteiger charge is 2.04. The van der Waals surface area contributed by atoms with Gasteiger partial charge in [-0.25, -0.2) is 4.98 Å². The molecule has 1 atom stereocenters. The number of ether oxygens (including phenoxy) is 1. The van der Waals surface area contributed by atoms with Crippen molar-refractivity contribution in [3.05, 3.63) is 23.9 Å². The number of pyridine rings is 1. The fourth-order valence-electron chi connectivity index (χ4n) is 1.44. The van der Waals surface area contributed by atoms with Gasteiger partial charge in [-0.05, 0) is 18.4 Å². The lowest BCUT2D eigenvalue weighted by Crippen LogP contribution is -2.13. The second-order valence-corrected chi connectivity index (χ2v) is 4.37. The van der Waals surface area contributed by atoms with Crippen LogP contribution in [0.25, 0.3) is 0 Å². The van der Waals surface area contributed by atoms with E-state index in [-0.39, 0.29) is 0 Å². The first-order valence-corrected chi connectivity index (χ1v) is 5.94. The molecule has 4 heteroatoms. The van der Waals surface area contributed by atoms with Gasteiger partial charge in [0.15, 0.2) is 0 Å². The van der Waals surface area contributed by atoms with Gasteiger partial charge in [0.2, 0.25) is 5.88 Å². The Morgan fingerprint density at radius 2 is 2.31 bits per heavy atom. The van der Waals surface area contributed by atoms with Gasteiger partial charge in [-0.1, -0.05) is 38.6 Å². The van der Waals surface area contributed by atoms with E-state index < -0.39 is 0 Å². The van der Waals surface area contributed by atoms with Crippen molar-refractivity contribution in [3.8, 4) is 5.88 Å². The Kier molecular flexibility index (Phi) is 5.19. The lowest BCUT2D eigenvalue weighted by molar-refractivity contribution is 0.243. The first-order chi connectivity index (χ1) is 7.63. The summed E-state index contributed by atoms with van der Waals surface area (Å²) in [6.45, 7) is 5.02. The molecule has 0 saturated heterocycles. The third-order valence-corrected chi connectivity index (χ3v) is 2.48. The summed E-state index contributed by atoms with van der Waals surface area (Å²) in [5.41, 5.74) is 6.11. The fraction of sp³-hybridized carbons (Fsp3) is 0.500. The van der Waals surface area contributed by atoms with Gasteiger partial charge in [-0.3, -0.25) is 0 Å². The molecule has 1 aromatic heterocycles. The largest absolute Gasteiger partial charge is 0.477 e. The summed E-state index contributed by atoms with van der Waals surface area (Å²) in [6.07, 6.45) is 2.33. The molecule has 1 unspecified atom stereocenters. The Labute approximate surface area is 102 Å². The molecule has 16 heavy (non-hydrogen) atoms. The molecule has 0 aliphatic rings. The predicted octanol–water partition coefficient (Wildman–Crippen LogP) is 2.53. The number of nitrogens with two attached hydrogens (primary N) is 1. The number of aromatic nitrogens is 1. The van der Waals surface area contributed by atoms with Crippen molar-refractivity contribution in [2.45, 2.75) is 26.7 Å². The summed E-state index contributed by atoms with van der Waals surface area (Å²) in [6, 6.07) is 5.45. The van der Waals surface area contributed by atoms with E-state index in [0.717, 1.165) is 6.42 Å². The quantitative estimate of drug-likeness (QED) is 0.774. The van der Waals surface area contributed by atoms with Crippen LogP contribution in [0.15, 0.2) is 18.2 Å². The van der Waals surface area contributed by atoms with E-state index in [2.05, 4.69) is 18.8 Å². The van der Waals surface area contributed by atoms with E-state index in [9.17, 15) is 0 Å². The molecule has 88 valence electrons. The zero-order chi connectivity index (χ0) is 12.0. The van der Waals surface area contributed by atoms with Crippen LogP contribution in [0.2, 0.25) is 0 Å². The van der Waals surface area contributed by atoms with Crippen LogP contribution < -0.4 is 10.5 Å². The van der Waals surface area contributed by atoms with Crippen LogP contribution in [0.4, 0.5) is 0 Å². The van der Waals surface area contributed by atoms with Crippen LogP contribution in [0.3, 0.4) is 0 Å². The topological polar surface area (TPSA) is 48.1 Å². The third kappa shape index (κ3) is 4.14. The number of nitrogens with zero attached hydrogens (tertiary/aromatic N) is 1. The van der Waals surface area contributed by atoms with Crippen molar-refractivity contribution < 1.29 is 4.74 Å². The molecule has 0 aromatic carbocycles. The second kappa shape index (κ2) is 6.43. The molecule has 0 aliphatic heterocycles. The highest BCUT2D eigenvalue weighted by molar-refractivity contribution is 7.80. The molecule has 1 heterocycles. The summed E-state index contributed by atoms with van der Waals surface area (Å²) in [7, 11) is 0. The maximum Gasteiger partial charge on any atom is 0.213 e. The van der Waals surface area contributed by atoms with E-state index in [4.69, 9.17) is 22.7 Å². The molecule has 0 radical (unpaired) electrons. The van der Waals surface area contributed by atoms with Crippen LogP contribution in [0.5, 0.6) is 5.88 Å². The lowest BCUT2D eigenvalue weighted by atomic mass is 10.1. The molecular weight excluding hydrogens is 220 g/mol.